The van der Waals surface area contributed by atoms with Crippen LogP contribution in [0, 0.1) is 6.92 Å². The van der Waals surface area contributed by atoms with E-state index in [0.717, 1.165) is 22.0 Å². The van der Waals surface area contributed by atoms with Crippen molar-refractivity contribution in [1.82, 2.24) is 4.98 Å². The zero-order valence-corrected chi connectivity index (χ0v) is 16.5. The summed E-state index contributed by atoms with van der Waals surface area (Å²) in [6, 6.07) is 7.34. The smallest absolute Gasteiger partial charge is 0.307 e. The Labute approximate surface area is 162 Å². The van der Waals surface area contributed by atoms with Crippen LogP contribution in [0.1, 0.15) is 11.1 Å². The zero-order chi connectivity index (χ0) is 20.4. The lowest BCUT2D eigenvalue weighted by Crippen LogP contribution is -2.01. The third-order valence-corrected chi connectivity index (χ3v) is 4.70. The largest absolute Gasteiger partial charge is 0.497 e. The highest BCUT2D eigenvalue weighted by Gasteiger charge is 2.21. The number of hydrogen-bond acceptors (Lipinski definition) is 5. The number of carboxylic acids is 1. The van der Waals surface area contributed by atoms with Crippen LogP contribution in [-0.2, 0) is 11.2 Å². The van der Waals surface area contributed by atoms with Gasteiger partial charge in [0.1, 0.15) is 5.75 Å². The van der Waals surface area contributed by atoms with Crippen molar-refractivity contribution in [2.75, 3.05) is 28.4 Å². The maximum absolute atomic E-state index is 11.6. The molecule has 28 heavy (non-hydrogen) atoms. The van der Waals surface area contributed by atoms with Gasteiger partial charge in [-0.2, -0.15) is 0 Å². The lowest BCUT2D eigenvalue weighted by atomic mass is 10.0. The normalized spacial score (nSPS) is 10.8. The molecule has 7 heteroatoms. The van der Waals surface area contributed by atoms with Crippen LogP contribution in [0.25, 0.3) is 22.2 Å². The number of carboxylic acid groups (broad SMARTS) is 1. The van der Waals surface area contributed by atoms with Crippen LogP contribution in [0.5, 0.6) is 23.0 Å². The Bertz CT molecular complexity index is 1010. The predicted molar refractivity (Wildman–Crippen MR) is 106 cm³/mol. The summed E-state index contributed by atoms with van der Waals surface area (Å²) in [6.07, 6.45) is -0.140. The molecule has 0 atom stereocenters. The van der Waals surface area contributed by atoms with Crippen LogP contribution >= 0.6 is 0 Å². The van der Waals surface area contributed by atoms with E-state index in [-0.39, 0.29) is 6.42 Å². The number of aromatic nitrogens is 1. The van der Waals surface area contributed by atoms with Gasteiger partial charge in [-0.15, -0.1) is 0 Å². The number of hydrogen-bond donors (Lipinski definition) is 2. The van der Waals surface area contributed by atoms with Crippen LogP contribution in [-0.4, -0.2) is 44.5 Å². The predicted octanol–water partition coefficient (Wildman–Crippen LogP) is 3.80. The van der Waals surface area contributed by atoms with Gasteiger partial charge in [-0.3, -0.25) is 4.79 Å². The van der Waals surface area contributed by atoms with Gasteiger partial charge in [-0.05, 0) is 42.3 Å². The summed E-state index contributed by atoms with van der Waals surface area (Å²) >= 11 is 0. The average Bonchev–Trinajstić information content (AvgIpc) is 3.04. The van der Waals surface area contributed by atoms with Crippen molar-refractivity contribution in [3.05, 3.63) is 35.4 Å². The Morgan fingerprint density at radius 2 is 1.61 bits per heavy atom. The summed E-state index contributed by atoms with van der Waals surface area (Å²) in [5, 5.41) is 10.3. The first-order chi connectivity index (χ1) is 13.4. The fourth-order valence-corrected chi connectivity index (χ4v) is 3.42. The maximum atomic E-state index is 11.6. The third-order valence-electron chi connectivity index (χ3n) is 4.70. The molecule has 2 aromatic carbocycles. The van der Waals surface area contributed by atoms with Crippen LogP contribution in [0.4, 0.5) is 0 Å². The van der Waals surface area contributed by atoms with Crippen molar-refractivity contribution >= 4 is 16.9 Å². The second kappa shape index (κ2) is 7.72. The van der Waals surface area contributed by atoms with E-state index in [0.29, 0.717) is 34.3 Å². The van der Waals surface area contributed by atoms with Gasteiger partial charge in [0.2, 0.25) is 5.75 Å². The molecule has 1 aromatic heterocycles. The number of nitrogens with one attached hydrogen (secondary N) is 1. The molecule has 0 aliphatic carbocycles. The highest BCUT2D eigenvalue weighted by molar-refractivity contribution is 5.96. The molecule has 0 fully saturated rings. The molecule has 0 spiro atoms. The van der Waals surface area contributed by atoms with E-state index in [9.17, 15) is 9.90 Å². The van der Waals surface area contributed by atoms with Crippen LogP contribution < -0.4 is 18.9 Å². The number of H-pyrrole nitrogens is 1. The lowest BCUT2D eigenvalue weighted by molar-refractivity contribution is -0.136. The molecule has 7 nitrogen and oxygen atoms in total. The molecular weight excluding hydrogens is 362 g/mol. The lowest BCUT2D eigenvalue weighted by Gasteiger charge is -2.14. The molecular formula is C21H23NO6. The van der Waals surface area contributed by atoms with E-state index in [1.807, 2.05) is 19.1 Å². The van der Waals surface area contributed by atoms with Gasteiger partial charge in [-0.25, -0.2) is 0 Å². The van der Waals surface area contributed by atoms with Crippen molar-refractivity contribution < 1.29 is 28.8 Å². The summed E-state index contributed by atoms with van der Waals surface area (Å²) in [5.74, 6) is 1.21. The molecule has 3 aromatic rings. The number of benzene rings is 2. The summed E-state index contributed by atoms with van der Waals surface area (Å²) in [7, 11) is 6.21. The van der Waals surface area contributed by atoms with Crippen molar-refractivity contribution in [2.45, 2.75) is 13.3 Å². The number of rotatable bonds is 7. The van der Waals surface area contributed by atoms with Gasteiger partial charge in [0.15, 0.2) is 11.5 Å². The number of ether oxygens (including phenoxy) is 4. The highest BCUT2D eigenvalue weighted by atomic mass is 16.5. The zero-order valence-electron chi connectivity index (χ0n) is 16.5. The number of aryl methyl sites for hydroxylation is 1. The first kappa shape index (κ1) is 19.4. The number of methoxy groups -OCH3 is 4. The Balaban J connectivity index is 2.33. The monoisotopic (exact) mass is 385 g/mol. The van der Waals surface area contributed by atoms with Gasteiger partial charge in [0.25, 0.3) is 0 Å². The molecule has 2 N–H and O–H groups in total. The first-order valence-electron chi connectivity index (χ1n) is 8.64. The highest BCUT2D eigenvalue weighted by Crippen LogP contribution is 2.43. The van der Waals surface area contributed by atoms with Gasteiger partial charge in [-0.1, -0.05) is 0 Å². The van der Waals surface area contributed by atoms with Crippen molar-refractivity contribution in [3.63, 3.8) is 0 Å². The standard InChI is InChI=1S/C21H23NO6/c1-11-6-13(25-2)9-14-15(10-18(23)24)20(22-19(11)14)12-7-16(26-3)21(28-5)17(8-12)27-4/h6-9,22H,10H2,1-5H3,(H,23,24). The second-order valence-electron chi connectivity index (χ2n) is 6.33. The average molecular weight is 385 g/mol. The van der Waals surface area contributed by atoms with Crippen LogP contribution in [0.15, 0.2) is 24.3 Å². The number of aliphatic carboxylic acids is 1. The Morgan fingerprint density at radius 1 is 0.964 bits per heavy atom. The number of carbonyl (C=O) groups is 1. The number of fused-ring (bicyclic) bond motifs is 1. The third kappa shape index (κ3) is 3.31. The fraction of sp³-hybridized carbons (Fsp3) is 0.286. The quantitative estimate of drug-likeness (QED) is 0.643. The topological polar surface area (TPSA) is 90.0 Å². The molecule has 0 aliphatic heterocycles. The number of aromatic amines is 1. The van der Waals surface area contributed by atoms with E-state index in [2.05, 4.69) is 4.98 Å². The molecule has 148 valence electrons. The summed E-state index contributed by atoms with van der Waals surface area (Å²) in [6.45, 7) is 1.95. The van der Waals surface area contributed by atoms with E-state index >= 15 is 0 Å². The van der Waals surface area contributed by atoms with Crippen molar-refractivity contribution in [3.8, 4) is 34.3 Å². The Hall–Kier alpha value is -3.35. The SMILES string of the molecule is COc1cc(C)c2[nH]c(-c3cc(OC)c(OC)c(OC)c3)c(CC(=O)O)c2c1. The minimum atomic E-state index is -0.921. The minimum Gasteiger partial charge on any atom is -0.497 e. The molecule has 0 amide bonds. The summed E-state index contributed by atoms with van der Waals surface area (Å²) in [4.78, 5) is 14.9. The van der Waals surface area contributed by atoms with E-state index in [1.54, 1.807) is 33.5 Å². The fourth-order valence-electron chi connectivity index (χ4n) is 3.42. The first-order valence-corrected chi connectivity index (χ1v) is 8.64. The van der Waals surface area contributed by atoms with Gasteiger partial charge in [0, 0.05) is 16.5 Å². The van der Waals surface area contributed by atoms with E-state index in [1.165, 1.54) is 7.11 Å². The molecule has 0 radical (unpaired) electrons. The second-order valence-corrected chi connectivity index (χ2v) is 6.33. The van der Waals surface area contributed by atoms with E-state index in [4.69, 9.17) is 18.9 Å². The van der Waals surface area contributed by atoms with E-state index < -0.39 is 5.97 Å². The Kier molecular flexibility index (Phi) is 5.35. The van der Waals surface area contributed by atoms with Gasteiger partial charge < -0.3 is 29.0 Å². The molecule has 1 heterocycles. The van der Waals surface area contributed by atoms with Crippen LogP contribution in [0.2, 0.25) is 0 Å². The van der Waals surface area contributed by atoms with Crippen molar-refractivity contribution in [1.29, 1.82) is 0 Å². The molecule has 0 unspecified atom stereocenters. The molecule has 0 bridgehead atoms. The minimum absolute atomic E-state index is 0.140. The summed E-state index contributed by atoms with van der Waals surface area (Å²) < 4.78 is 21.6. The van der Waals surface area contributed by atoms with Crippen molar-refractivity contribution in [2.24, 2.45) is 0 Å². The summed E-state index contributed by atoms with van der Waals surface area (Å²) in [5.41, 5.74) is 3.91. The Morgan fingerprint density at radius 3 is 2.11 bits per heavy atom. The van der Waals surface area contributed by atoms with Gasteiger partial charge >= 0.3 is 5.97 Å². The van der Waals surface area contributed by atoms with Crippen LogP contribution in [0.3, 0.4) is 0 Å². The molecule has 0 saturated heterocycles. The van der Waals surface area contributed by atoms with Gasteiger partial charge in [0.05, 0.1) is 40.6 Å². The molecule has 0 aliphatic rings. The molecule has 0 saturated carbocycles. The molecule has 3 rings (SSSR count). The maximum Gasteiger partial charge on any atom is 0.307 e.